The maximum atomic E-state index is 5.52. The van der Waals surface area contributed by atoms with Gasteiger partial charge in [-0.3, -0.25) is 0 Å². The summed E-state index contributed by atoms with van der Waals surface area (Å²) in [4.78, 5) is 0. The van der Waals surface area contributed by atoms with Crippen molar-refractivity contribution < 1.29 is 4.74 Å². The number of rotatable bonds is 7. The van der Waals surface area contributed by atoms with Crippen LogP contribution in [-0.4, -0.2) is 12.6 Å². The van der Waals surface area contributed by atoms with Gasteiger partial charge < -0.3 is 10.1 Å². The Morgan fingerprint density at radius 1 is 1.33 bits per heavy atom. The van der Waals surface area contributed by atoms with E-state index in [0.717, 1.165) is 12.5 Å². The van der Waals surface area contributed by atoms with Gasteiger partial charge in [0.15, 0.2) is 0 Å². The molecule has 0 saturated heterocycles. The maximum absolute atomic E-state index is 5.52. The first-order valence-electron chi connectivity index (χ1n) is 7.21. The molecule has 0 bridgehead atoms. The van der Waals surface area contributed by atoms with Crippen LogP contribution in [0.2, 0.25) is 0 Å². The first-order chi connectivity index (χ1) is 8.79. The predicted molar refractivity (Wildman–Crippen MR) is 76.8 cm³/mol. The number of benzene rings is 1. The SMILES string of the molecule is CCOCc1ccccc1NC(C)CC1CCC1. The van der Waals surface area contributed by atoms with Crippen molar-refractivity contribution in [1.82, 2.24) is 0 Å². The highest BCUT2D eigenvalue weighted by Gasteiger charge is 2.20. The molecule has 1 aromatic carbocycles. The molecule has 2 heteroatoms. The van der Waals surface area contributed by atoms with Gasteiger partial charge in [-0.15, -0.1) is 0 Å². The Morgan fingerprint density at radius 2 is 2.11 bits per heavy atom. The standard InChI is InChI=1S/C16H25NO/c1-3-18-12-15-9-4-5-10-16(15)17-13(2)11-14-7-6-8-14/h4-5,9-10,13-14,17H,3,6-8,11-12H2,1-2H3. The second-order valence-electron chi connectivity index (χ2n) is 5.37. The normalized spacial score (nSPS) is 17.2. The molecule has 0 spiro atoms. The van der Waals surface area contributed by atoms with Gasteiger partial charge >= 0.3 is 0 Å². The highest BCUT2D eigenvalue weighted by molar-refractivity contribution is 5.51. The quantitative estimate of drug-likeness (QED) is 0.779. The molecule has 0 amide bonds. The molecule has 100 valence electrons. The molecule has 18 heavy (non-hydrogen) atoms. The molecule has 0 heterocycles. The van der Waals surface area contributed by atoms with E-state index in [1.54, 1.807) is 0 Å². The zero-order valence-electron chi connectivity index (χ0n) is 11.6. The second-order valence-corrected chi connectivity index (χ2v) is 5.37. The van der Waals surface area contributed by atoms with E-state index in [9.17, 15) is 0 Å². The average molecular weight is 247 g/mol. The average Bonchev–Trinajstić information content (AvgIpc) is 2.33. The summed E-state index contributed by atoms with van der Waals surface area (Å²) in [6, 6.07) is 9.03. The summed E-state index contributed by atoms with van der Waals surface area (Å²) in [5.74, 6) is 0.951. The molecule has 2 rings (SSSR count). The topological polar surface area (TPSA) is 21.3 Å². The lowest BCUT2D eigenvalue weighted by molar-refractivity contribution is 0.134. The fourth-order valence-corrected chi connectivity index (χ4v) is 2.55. The zero-order chi connectivity index (χ0) is 12.8. The van der Waals surface area contributed by atoms with Gasteiger partial charge in [-0.25, -0.2) is 0 Å². The molecule has 1 aromatic rings. The number of hydrogen-bond donors (Lipinski definition) is 1. The molecule has 1 aliphatic rings. The van der Waals surface area contributed by atoms with Gasteiger partial charge in [0.05, 0.1) is 6.61 Å². The highest BCUT2D eigenvalue weighted by atomic mass is 16.5. The molecule has 0 radical (unpaired) electrons. The van der Waals surface area contributed by atoms with E-state index in [4.69, 9.17) is 4.74 Å². The van der Waals surface area contributed by atoms with Crippen LogP contribution in [-0.2, 0) is 11.3 Å². The van der Waals surface area contributed by atoms with E-state index in [1.165, 1.54) is 36.9 Å². The van der Waals surface area contributed by atoms with E-state index < -0.39 is 0 Å². The molecule has 1 unspecified atom stereocenters. The summed E-state index contributed by atoms with van der Waals surface area (Å²) in [5.41, 5.74) is 2.50. The van der Waals surface area contributed by atoms with Gasteiger partial charge in [-0.2, -0.15) is 0 Å². The Morgan fingerprint density at radius 3 is 2.78 bits per heavy atom. The van der Waals surface area contributed by atoms with Crippen LogP contribution in [0.5, 0.6) is 0 Å². The van der Waals surface area contributed by atoms with Gasteiger partial charge in [0.2, 0.25) is 0 Å². The Balaban J connectivity index is 1.89. The van der Waals surface area contributed by atoms with Crippen molar-refractivity contribution >= 4 is 5.69 Å². The summed E-state index contributed by atoms with van der Waals surface area (Å²) in [7, 11) is 0. The zero-order valence-corrected chi connectivity index (χ0v) is 11.6. The van der Waals surface area contributed by atoms with Crippen molar-refractivity contribution in [2.75, 3.05) is 11.9 Å². The minimum Gasteiger partial charge on any atom is -0.382 e. The van der Waals surface area contributed by atoms with Crippen LogP contribution >= 0.6 is 0 Å². The van der Waals surface area contributed by atoms with Gasteiger partial charge in [-0.05, 0) is 32.3 Å². The first kappa shape index (κ1) is 13.4. The largest absolute Gasteiger partial charge is 0.382 e. The Labute approximate surface area is 111 Å². The van der Waals surface area contributed by atoms with Crippen LogP contribution in [0, 0.1) is 5.92 Å². The molecular formula is C16H25NO. The summed E-state index contributed by atoms with van der Waals surface area (Å²) >= 11 is 0. The van der Waals surface area contributed by atoms with Crippen molar-refractivity contribution in [2.45, 2.75) is 52.2 Å². The third kappa shape index (κ3) is 3.74. The first-order valence-corrected chi connectivity index (χ1v) is 7.21. The van der Waals surface area contributed by atoms with Gasteiger partial charge in [0.25, 0.3) is 0 Å². The summed E-state index contributed by atoms with van der Waals surface area (Å²) in [6.45, 7) is 5.80. The van der Waals surface area contributed by atoms with Gasteiger partial charge in [0.1, 0.15) is 0 Å². The number of para-hydroxylation sites is 1. The fraction of sp³-hybridized carbons (Fsp3) is 0.625. The van der Waals surface area contributed by atoms with E-state index in [0.29, 0.717) is 12.6 Å². The number of hydrogen-bond acceptors (Lipinski definition) is 2. The van der Waals surface area contributed by atoms with Gasteiger partial charge in [0, 0.05) is 23.9 Å². The minimum absolute atomic E-state index is 0.554. The molecule has 1 saturated carbocycles. The smallest absolute Gasteiger partial charge is 0.0736 e. The fourth-order valence-electron chi connectivity index (χ4n) is 2.55. The number of anilines is 1. The third-order valence-electron chi connectivity index (χ3n) is 3.79. The van der Waals surface area contributed by atoms with Gasteiger partial charge in [-0.1, -0.05) is 37.5 Å². The van der Waals surface area contributed by atoms with Crippen molar-refractivity contribution in [2.24, 2.45) is 5.92 Å². The highest BCUT2D eigenvalue weighted by Crippen LogP contribution is 2.31. The lowest BCUT2D eigenvalue weighted by atomic mass is 9.81. The maximum Gasteiger partial charge on any atom is 0.0736 e. The Hall–Kier alpha value is -1.02. The molecule has 1 fully saturated rings. The number of nitrogens with one attached hydrogen (secondary N) is 1. The molecule has 0 aromatic heterocycles. The Kier molecular flexibility index (Phi) is 5.06. The van der Waals surface area contributed by atoms with Crippen LogP contribution in [0.15, 0.2) is 24.3 Å². The van der Waals surface area contributed by atoms with E-state index in [-0.39, 0.29) is 0 Å². The lowest BCUT2D eigenvalue weighted by Crippen LogP contribution is -2.23. The predicted octanol–water partition coefficient (Wildman–Crippen LogP) is 4.21. The Bertz CT molecular complexity index is 360. The van der Waals surface area contributed by atoms with E-state index in [1.807, 2.05) is 6.92 Å². The molecule has 1 aliphatic carbocycles. The molecule has 2 nitrogen and oxygen atoms in total. The van der Waals surface area contributed by atoms with Crippen molar-refractivity contribution in [3.05, 3.63) is 29.8 Å². The molecule has 1 atom stereocenters. The summed E-state index contributed by atoms with van der Waals surface area (Å²) < 4.78 is 5.52. The lowest BCUT2D eigenvalue weighted by Gasteiger charge is -2.29. The van der Waals surface area contributed by atoms with E-state index >= 15 is 0 Å². The molecule has 0 aliphatic heterocycles. The summed E-state index contributed by atoms with van der Waals surface area (Å²) in [6.07, 6.45) is 5.57. The molecule has 1 N–H and O–H groups in total. The second kappa shape index (κ2) is 6.79. The van der Waals surface area contributed by atoms with Crippen molar-refractivity contribution in [3.63, 3.8) is 0 Å². The van der Waals surface area contributed by atoms with E-state index in [2.05, 4.69) is 36.5 Å². The van der Waals surface area contributed by atoms with Crippen molar-refractivity contribution in [3.8, 4) is 0 Å². The third-order valence-corrected chi connectivity index (χ3v) is 3.79. The van der Waals surface area contributed by atoms with Crippen LogP contribution in [0.4, 0.5) is 5.69 Å². The van der Waals surface area contributed by atoms with Crippen LogP contribution in [0.3, 0.4) is 0 Å². The molecular weight excluding hydrogens is 222 g/mol. The van der Waals surface area contributed by atoms with Crippen LogP contribution in [0.25, 0.3) is 0 Å². The van der Waals surface area contributed by atoms with Crippen LogP contribution < -0.4 is 5.32 Å². The summed E-state index contributed by atoms with van der Waals surface area (Å²) in [5, 5.41) is 3.64. The monoisotopic (exact) mass is 247 g/mol. The van der Waals surface area contributed by atoms with Crippen molar-refractivity contribution in [1.29, 1.82) is 0 Å². The number of ether oxygens (including phenoxy) is 1. The minimum atomic E-state index is 0.554. The van der Waals surface area contributed by atoms with Crippen LogP contribution in [0.1, 0.15) is 45.1 Å².